The number of phenolic OH excluding ortho intramolecular Hbond substituents is 1. The molecule has 0 bridgehead atoms. The van der Waals surface area contributed by atoms with Gasteiger partial charge in [-0.3, -0.25) is 0 Å². The van der Waals surface area contributed by atoms with Gasteiger partial charge in [-0.2, -0.15) is 0 Å². The summed E-state index contributed by atoms with van der Waals surface area (Å²) < 4.78 is 4.81. The third-order valence-electron chi connectivity index (χ3n) is 3.80. The standard InChI is InChI=1S/C18H20O3/c1-4-12(2)14-10-15(13-8-6-5-7-9-13)17(16(19)11-14)18(20)21-3/h5-12,19H,4H2,1-3H3. The lowest BCUT2D eigenvalue weighted by molar-refractivity contribution is 0.0598. The summed E-state index contributed by atoms with van der Waals surface area (Å²) >= 11 is 0. The maximum atomic E-state index is 12.0. The van der Waals surface area contributed by atoms with Crippen LogP contribution in [0.2, 0.25) is 0 Å². The predicted octanol–water partition coefficient (Wildman–Crippen LogP) is 4.36. The lowest BCUT2D eigenvalue weighted by Gasteiger charge is -2.16. The van der Waals surface area contributed by atoms with Crippen LogP contribution in [-0.4, -0.2) is 18.2 Å². The summed E-state index contributed by atoms with van der Waals surface area (Å²) in [7, 11) is 1.32. The first-order chi connectivity index (χ1) is 10.1. The zero-order valence-electron chi connectivity index (χ0n) is 12.6. The van der Waals surface area contributed by atoms with Crippen LogP contribution in [0, 0.1) is 0 Å². The maximum Gasteiger partial charge on any atom is 0.342 e. The molecule has 0 saturated carbocycles. The Balaban J connectivity index is 2.68. The van der Waals surface area contributed by atoms with E-state index >= 15 is 0 Å². The molecule has 0 amide bonds. The van der Waals surface area contributed by atoms with E-state index in [1.54, 1.807) is 6.07 Å². The van der Waals surface area contributed by atoms with Crippen molar-refractivity contribution in [2.45, 2.75) is 26.2 Å². The molecule has 0 aromatic heterocycles. The molecule has 2 aromatic carbocycles. The number of esters is 1. The van der Waals surface area contributed by atoms with E-state index in [9.17, 15) is 9.90 Å². The van der Waals surface area contributed by atoms with Crippen LogP contribution in [0.5, 0.6) is 5.75 Å². The van der Waals surface area contributed by atoms with E-state index in [2.05, 4.69) is 13.8 Å². The molecule has 1 N–H and O–H groups in total. The first-order valence-corrected chi connectivity index (χ1v) is 7.09. The van der Waals surface area contributed by atoms with Gasteiger partial charge in [0.15, 0.2) is 0 Å². The lowest BCUT2D eigenvalue weighted by atomic mass is 9.91. The molecule has 21 heavy (non-hydrogen) atoms. The minimum absolute atomic E-state index is 0.0292. The van der Waals surface area contributed by atoms with Gasteiger partial charge in [0.1, 0.15) is 11.3 Å². The average Bonchev–Trinajstić information content (AvgIpc) is 2.53. The highest BCUT2D eigenvalue weighted by molar-refractivity contribution is 6.00. The zero-order valence-corrected chi connectivity index (χ0v) is 12.6. The van der Waals surface area contributed by atoms with Crippen LogP contribution in [0.15, 0.2) is 42.5 Å². The van der Waals surface area contributed by atoms with Crippen LogP contribution < -0.4 is 0 Å². The second-order valence-electron chi connectivity index (χ2n) is 5.13. The molecular formula is C18H20O3. The summed E-state index contributed by atoms with van der Waals surface area (Å²) in [6.07, 6.45) is 0.964. The van der Waals surface area contributed by atoms with Crippen molar-refractivity contribution < 1.29 is 14.6 Å². The first kappa shape index (κ1) is 15.1. The summed E-state index contributed by atoms with van der Waals surface area (Å²) in [5.41, 5.74) is 2.83. The van der Waals surface area contributed by atoms with E-state index in [1.807, 2.05) is 36.4 Å². The number of ether oxygens (including phenoxy) is 1. The summed E-state index contributed by atoms with van der Waals surface area (Å²) in [6.45, 7) is 4.19. The molecule has 0 aliphatic carbocycles. The van der Waals surface area contributed by atoms with E-state index in [-0.39, 0.29) is 11.3 Å². The Labute approximate surface area is 125 Å². The summed E-state index contributed by atoms with van der Waals surface area (Å²) in [5, 5.41) is 10.3. The monoisotopic (exact) mass is 284 g/mol. The largest absolute Gasteiger partial charge is 0.507 e. The maximum absolute atomic E-state index is 12.0. The van der Waals surface area contributed by atoms with Gasteiger partial charge in [-0.15, -0.1) is 0 Å². The number of hydrogen-bond acceptors (Lipinski definition) is 3. The van der Waals surface area contributed by atoms with Gasteiger partial charge in [-0.1, -0.05) is 44.2 Å². The number of benzene rings is 2. The van der Waals surface area contributed by atoms with Crippen molar-refractivity contribution in [2.24, 2.45) is 0 Å². The number of phenols is 1. The highest BCUT2D eigenvalue weighted by atomic mass is 16.5. The fraction of sp³-hybridized carbons (Fsp3) is 0.278. The summed E-state index contributed by atoms with van der Waals surface area (Å²) in [5.74, 6) is -0.245. The van der Waals surface area contributed by atoms with Crippen LogP contribution in [0.3, 0.4) is 0 Å². The minimum atomic E-state index is -0.526. The van der Waals surface area contributed by atoms with Crippen molar-refractivity contribution in [1.29, 1.82) is 0 Å². The molecule has 3 heteroatoms. The molecule has 0 aliphatic heterocycles. The second kappa shape index (κ2) is 6.44. The fourth-order valence-corrected chi connectivity index (χ4v) is 2.33. The van der Waals surface area contributed by atoms with Crippen LogP contribution >= 0.6 is 0 Å². The first-order valence-electron chi connectivity index (χ1n) is 7.09. The van der Waals surface area contributed by atoms with E-state index in [0.29, 0.717) is 11.5 Å². The van der Waals surface area contributed by atoms with Gasteiger partial charge >= 0.3 is 5.97 Å². The van der Waals surface area contributed by atoms with Crippen molar-refractivity contribution in [1.82, 2.24) is 0 Å². The van der Waals surface area contributed by atoms with Crippen molar-refractivity contribution >= 4 is 5.97 Å². The van der Waals surface area contributed by atoms with Crippen LogP contribution in [0.4, 0.5) is 0 Å². The predicted molar refractivity (Wildman–Crippen MR) is 83.6 cm³/mol. The number of carbonyl (C=O) groups is 1. The van der Waals surface area contributed by atoms with Crippen molar-refractivity contribution in [3.8, 4) is 16.9 Å². The highest BCUT2D eigenvalue weighted by Gasteiger charge is 2.20. The Morgan fingerprint density at radius 2 is 1.90 bits per heavy atom. The molecule has 110 valence electrons. The quantitative estimate of drug-likeness (QED) is 0.848. The average molecular weight is 284 g/mol. The molecule has 1 unspecified atom stereocenters. The summed E-state index contributed by atoms with van der Waals surface area (Å²) in [6, 6.07) is 13.2. The number of methoxy groups -OCH3 is 1. The molecule has 0 fully saturated rings. The molecule has 3 nitrogen and oxygen atoms in total. The van der Waals surface area contributed by atoms with Crippen LogP contribution in [0.1, 0.15) is 42.1 Å². The third-order valence-corrected chi connectivity index (χ3v) is 3.80. The van der Waals surface area contributed by atoms with Gasteiger partial charge in [-0.25, -0.2) is 4.79 Å². The van der Waals surface area contributed by atoms with Gasteiger partial charge in [0, 0.05) is 5.56 Å². The lowest BCUT2D eigenvalue weighted by Crippen LogP contribution is -2.06. The van der Waals surface area contributed by atoms with E-state index in [1.165, 1.54) is 7.11 Å². The van der Waals surface area contributed by atoms with Gasteiger partial charge < -0.3 is 9.84 Å². The Morgan fingerprint density at radius 1 is 1.24 bits per heavy atom. The van der Waals surface area contributed by atoms with Gasteiger partial charge in [0.2, 0.25) is 0 Å². The Bertz CT molecular complexity index is 632. The Morgan fingerprint density at radius 3 is 2.48 bits per heavy atom. The molecule has 0 spiro atoms. The van der Waals surface area contributed by atoms with Crippen molar-refractivity contribution in [2.75, 3.05) is 7.11 Å². The molecule has 2 aromatic rings. The zero-order chi connectivity index (χ0) is 15.4. The van der Waals surface area contributed by atoms with E-state index < -0.39 is 5.97 Å². The number of aromatic hydroxyl groups is 1. The van der Waals surface area contributed by atoms with Gasteiger partial charge in [-0.05, 0) is 35.6 Å². The fourth-order valence-electron chi connectivity index (χ4n) is 2.33. The molecule has 2 rings (SSSR count). The Hall–Kier alpha value is -2.29. The molecule has 0 heterocycles. The second-order valence-corrected chi connectivity index (χ2v) is 5.13. The SMILES string of the molecule is CCC(C)c1cc(O)c(C(=O)OC)c(-c2ccccc2)c1. The molecule has 0 saturated heterocycles. The van der Waals surface area contributed by atoms with Crippen LogP contribution in [0.25, 0.3) is 11.1 Å². The number of hydrogen-bond donors (Lipinski definition) is 1. The summed E-state index contributed by atoms with van der Waals surface area (Å²) in [4.78, 5) is 12.0. The van der Waals surface area contributed by atoms with Gasteiger partial charge in [0.25, 0.3) is 0 Å². The van der Waals surface area contributed by atoms with E-state index in [0.717, 1.165) is 17.5 Å². The number of carbonyl (C=O) groups excluding carboxylic acids is 1. The molecule has 0 radical (unpaired) electrons. The molecular weight excluding hydrogens is 264 g/mol. The normalized spacial score (nSPS) is 12.0. The minimum Gasteiger partial charge on any atom is -0.507 e. The van der Waals surface area contributed by atoms with Gasteiger partial charge in [0.05, 0.1) is 7.11 Å². The van der Waals surface area contributed by atoms with Crippen LogP contribution in [-0.2, 0) is 4.74 Å². The van der Waals surface area contributed by atoms with Crippen molar-refractivity contribution in [3.63, 3.8) is 0 Å². The smallest absolute Gasteiger partial charge is 0.342 e. The Kier molecular flexibility index (Phi) is 4.63. The molecule has 0 aliphatic rings. The number of rotatable bonds is 4. The molecule has 1 atom stereocenters. The topological polar surface area (TPSA) is 46.5 Å². The third kappa shape index (κ3) is 3.07. The highest BCUT2D eigenvalue weighted by Crippen LogP contribution is 2.35. The van der Waals surface area contributed by atoms with Crippen molar-refractivity contribution in [3.05, 3.63) is 53.6 Å². The van der Waals surface area contributed by atoms with E-state index in [4.69, 9.17) is 4.74 Å².